The quantitative estimate of drug-likeness (QED) is 0.509. The van der Waals surface area contributed by atoms with E-state index in [4.69, 9.17) is 0 Å². The molecule has 2 aliphatic rings. The van der Waals surface area contributed by atoms with Gasteiger partial charge in [-0.15, -0.1) is 0 Å². The molecule has 1 N–H and O–H groups in total. The lowest BCUT2D eigenvalue weighted by molar-refractivity contribution is 0.0625. The van der Waals surface area contributed by atoms with Gasteiger partial charge in [-0.1, -0.05) is 54.6 Å². The Balaban J connectivity index is 1.57. The maximum absolute atomic E-state index is 13.4. The second kappa shape index (κ2) is 6.49. The van der Waals surface area contributed by atoms with Crippen molar-refractivity contribution in [3.63, 3.8) is 0 Å². The maximum atomic E-state index is 13.4. The number of fused-ring (bicyclic) bond motifs is 6. The zero-order chi connectivity index (χ0) is 20.2. The number of nitrogens with zero attached hydrogens (tertiary/aromatic N) is 2. The molecule has 0 aliphatic carbocycles. The number of aryl methyl sites for hydroxylation is 1. The summed E-state index contributed by atoms with van der Waals surface area (Å²) in [7, 11) is 0. The number of aromatic nitrogens is 1. The normalized spacial score (nSPS) is 17.6. The third-order valence-corrected chi connectivity index (χ3v) is 6.60. The molecule has 4 aromatic rings. The lowest BCUT2D eigenvalue weighted by Crippen LogP contribution is -2.52. The number of benzene rings is 3. The van der Waals surface area contributed by atoms with E-state index in [0.717, 1.165) is 42.0 Å². The summed E-state index contributed by atoms with van der Waals surface area (Å²) in [5, 5.41) is 1.27. The third-order valence-electron chi connectivity index (χ3n) is 6.60. The van der Waals surface area contributed by atoms with Gasteiger partial charge in [0, 0.05) is 24.0 Å². The van der Waals surface area contributed by atoms with Crippen molar-refractivity contribution in [2.24, 2.45) is 0 Å². The third kappa shape index (κ3) is 2.43. The summed E-state index contributed by atoms with van der Waals surface area (Å²) in [6, 6.07) is 25.0. The minimum absolute atomic E-state index is 0.122. The molecule has 1 unspecified atom stereocenters. The summed E-state index contributed by atoms with van der Waals surface area (Å²) in [6.07, 6.45) is 0.755. The van der Waals surface area contributed by atoms with Gasteiger partial charge in [0.15, 0.2) is 0 Å². The van der Waals surface area contributed by atoms with Gasteiger partial charge in [-0.2, -0.15) is 0 Å². The van der Waals surface area contributed by atoms with E-state index in [9.17, 15) is 4.79 Å². The van der Waals surface area contributed by atoms with E-state index in [1.807, 2.05) is 23.1 Å². The summed E-state index contributed by atoms with van der Waals surface area (Å²) >= 11 is 0. The number of hydrogen-bond donors (Lipinski definition) is 1. The Bertz CT molecular complexity index is 1290. The first kappa shape index (κ1) is 17.3. The second-order valence-corrected chi connectivity index (χ2v) is 8.26. The number of para-hydroxylation sites is 2. The van der Waals surface area contributed by atoms with Gasteiger partial charge in [0.25, 0.3) is 5.91 Å². The van der Waals surface area contributed by atoms with E-state index in [2.05, 4.69) is 71.4 Å². The molecule has 6 rings (SSSR count). The number of carbonyl (C=O) groups is 1. The fourth-order valence-corrected chi connectivity index (χ4v) is 5.09. The van der Waals surface area contributed by atoms with Crippen LogP contribution in [0.2, 0.25) is 0 Å². The van der Waals surface area contributed by atoms with Crippen LogP contribution in [0.15, 0.2) is 72.8 Å². The molecule has 0 radical (unpaired) electrons. The van der Waals surface area contributed by atoms with Crippen molar-refractivity contribution in [2.45, 2.75) is 26.1 Å². The van der Waals surface area contributed by atoms with E-state index >= 15 is 0 Å². The molecule has 3 aromatic carbocycles. The summed E-state index contributed by atoms with van der Waals surface area (Å²) in [4.78, 5) is 21.5. The number of rotatable bonds is 2. The largest absolute Gasteiger partial charge is 0.355 e. The van der Waals surface area contributed by atoms with Crippen LogP contribution < -0.4 is 4.90 Å². The van der Waals surface area contributed by atoms with Crippen LogP contribution in [0.4, 0.5) is 5.69 Å². The SMILES string of the molecule is Cc1ccccc1CN1c2ccccc2C(=O)N2CCc3c([nH]c4ccccc34)C21. The first-order chi connectivity index (χ1) is 14.7. The predicted octanol–water partition coefficient (Wildman–Crippen LogP) is 5.19. The minimum atomic E-state index is -0.122. The van der Waals surface area contributed by atoms with Crippen LogP contribution >= 0.6 is 0 Å². The van der Waals surface area contributed by atoms with Gasteiger partial charge >= 0.3 is 0 Å². The lowest BCUT2D eigenvalue weighted by Gasteiger charge is -2.47. The number of anilines is 1. The number of amides is 1. The Kier molecular flexibility index (Phi) is 3.75. The van der Waals surface area contributed by atoms with Crippen molar-refractivity contribution in [2.75, 3.05) is 11.4 Å². The highest BCUT2D eigenvalue weighted by molar-refractivity contribution is 6.02. The predicted molar refractivity (Wildman–Crippen MR) is 120 cm³/mol. The Morgan fingerprint density at radius 1 is 0.967 bits per heavy atom. The van der Waals surface area contributed by atoms with E-state index < -0.39 is 0 Å². The van der Waals surface area contributed by atoms with Crippen molar-refractivity contribution >= 4 is 22.5 Å². The zero-order valence-electron chi connectivity index (χ0n) is 16.9. The number of carbonyl (C=O) groups excluding carboxylic acids is 1. The molecule has 4 nitrogen and oxygen atoms in total. The van der Waals surface area contributed by atoms with Gasteiger partial charge in [-0.05, 0) is 48.2 Å². The first-order valence-electron chi connectivity index (χ1n) is 10.5. The molecule has 1 atom stereocenters. The fraction of sp³-hybridized carbons (Fsp3) is 0.192. The topological polar surface area (TPSA) is 39.3 Å². The highest BCUT2D eigenvalue weighted by Crippen LogP contribution is 2.44. The highest BCUT2D eigenvalue weighted by Gasteiger charge is 2.42. The molecule has 2 aliphatic heterocycles. The molecule has 0 saturated carbocycles. The molecule has 148 valence electrons. The molecule has 4 heteroatoms. The van der Waals surface area contributed by atoms with Crippen LogP contribution in [0.5, 0.6) is 0 Å². The van der Waals surface area contributed by atoms with Crippen LogP contribution in [-0.4, -0.2) is 22.3 Å². The Morgan fingerprint density at radius 3 is 2.63 bits per heavy atom. The van der Waals surface area contributed by atoms with Crippen LogP contribution in [0, 0.1) is 6.92 Å². The van der Waals surface area contributed by atoms with Gasteiger partial charge < -0.3 is 14.8 Å². The molecule has 1 aromatic heterocycles. The van der Waals surface area contributed by atoms with Gasteiger partial charge in [0.1, 0.15) is 6.17 Å². The van der Waals surface area contributed by atoms with E-state index in [1.54, 1.807) is 0 Å². The molecule has 0 bridgehead atoms. The minimum Gasteiger partial charge on any atom is -0.355 e. The monoisotopic (exact) mass is 393 g/mol. The van der Waals surface area contributed by atoms with Crippen molar-refractivity contribution in [1.82, 2.24) is 9.88 Å². The standard InChI is InChI=1S/C26H23N3O/c1-17-8-2-3-9-18(17)16-29-23-13-7-5-11-21(23)26(30)28-15-14-20-19-10-4-6-12-22(19)27-24(20)25(28)29/h2-13,25,27H,14-16H2,1H3. The molecule has 0 saturated heterocycles. The number of nitrogens with one attached hydrogen (secondary N) is 1. The first-order valence-corrected chi connectivity index (χ1v) is 10.5. The summed E-state index contributed by atoms with van der Waals surface area (Å²) in [6.45, 7) is 3.65. The van der Waals surface area contributed by atoms with Crippen LogP contribution in [-0.2, 0) is 13.0 Å². The van der Waals surface area contributed by atoms with Gasteiger partial charge in [-0.25, -0.2) is 0 Å². The van der Waals surface area contributed by atoms with Gasteiger partial charge in [0.2, 0.25) is 0 Å². The van der Waals surface area contributed by atoms with Crippen molar-refractivity contribution in [3.8, 4) is 0 Å². The summed E-state index contributed by atoms with van der Waals surface area (Å²) in [5.74, 6) is 0.126. The van der Waals surface area contributed by atoms with Crippen molar-refractivity contribution in [3.05, 3.63) is 101 Å². The van der Waals surface area contributed by atoms with Crippen LogP contribution in [0.3, 0.4) is 0 Å². The number of hydrogen-bond acceptors (Lipinski definition) is 2. The van der Waals surface area contributed by atoms with Gasteiger partial charge in [-0.3, -0.25) is 4.79 Å². The molecule has 0 spiro atoms. The summed E-state index contributed by atoms with van der Waals surface area (Å²) in [5.41, 5.74) is 8.00. The Labute approximate surface area is 175 Å². The molecule has 0 fully saturated rings. The molecule has 3 heterocycles. The molecular weight excluding hydrogens is 370 g/mol. The van der Waals surface area contributed by atoms with E-state index in [-0.39, 0.29) is 12.1 Å². The van der Waals surface area contributed by atoms with Gasteiger partial charge in [0.05, 0.1) is 16.9 Å². The smallest absolute Gasteiger partial charge is 0.257 e. The Morgan fingerprint density at radius 2 is 1.73 bits per heavy atom. The fourth-order valence-electron chi connectivity index (χ4n) is 5.09. The number of H-pyrrole nitrogens is 1. The van der Waals surface area contributed by atoms with E-state index in [0.29, 0.717) is 0 Å². The maximum Gasteiger partial charge on any atom is 0.257 e. The van der Waals surface area contributed by atoms with Crippen molar-refractivity contribution in [1.29, 1.82) is 0 Å². The zero-order valence-corrected chi connectivity index (χ0v) is 16.9. The number of aromatic amines is 1. The van der Waals surface area contributed by atoms with Crippen LogP contribution in [0.1, 0.15) is 38.9 Å². The second-order valence-electron chi connectivity index (χ2n) is 8.26. The average molecular weight is 393 g/mol. The average Bonchev–Trinajstić information content (AvgIpc) is 3.16. The van der Waals surface area contributed by atoms with E-state index in [1.165, 1.54) is 22.1 Å². The molecule has 1 amide bonds. The molecule has 30 heavy (non-hydrogen) atoms. The Hall–Kier alpha value is -3.53. The van der Waals surface area contributed by atoms with Crippen molar-refractivity contribution < 1.29 is 4.79 Å². The summed E-state index contributed by atoms with van der Waals surface area (Å²) < 4.78 is 0. The van der Waals surface area contributed by atoms with Crippen LogP contribution in [0.25, 0.3) is 10.9 Å². The molecular formula is C26H23N3O. The lowest BCUT2D eigenvalue weighted by atomic mass is 9.95. The highest BCUT2D eigenvalue weighted by atomic mass is 16.2.